The number of hydrogen-bond acceptors (Lipinski definition) is 4. The molecule has 4 rings (SSSR count). The number of amides is 2. The molecule has 4 atom stereocenters. The first kappa shape index (κ1) is 22.5. The van der Waals surface area contributed by atoms with Crippen molar-refractivity contribution >= 4 is 17.8 Å². The van der Waals surface area contributed by atoms with Crippen LogP contribution in [0.15, 0.2) is 47.5 Å². The number of nitrogens with zero attached hydrogens (tertiary/aromatic N) is 2. The predicted octanol–water partition coefficient (Wildman–Crippen LogP) is 2.35. The molecule has 0 spiro atoms. The van der Waals surface area contributed by atoms with Crippen LogP contribution < -0.4 is 10.6 Å². The number of ether oxygens (including phenoxy) is 1. The summed E-state index contributed by atoms with van der Waals surface area (Å²) in [4.78, 5) is 31.6. The van der Waals surface area contributed by atoms with Gasteiger partial charge in [0.25, 0.3) is 0 Å². The summed E-state index contributed by atoms with van der Waals surface area (Å²) < 4.78 is 5.71. The Labute approximate surface area is 190 Å². The van der Waals surface area contributed by atoms with E-state index in [1.807, 2.05) is 25.1 Å². The van der Waals surface area contributed by atoms with E-state index in [9.17, 15) is 9.59 Å². The van der Waals surface area contributed by atoms with Gasteiger partial charge in [0.15, 0.2) is 5.96 Å². The van der Waals surface area contributed by atoms with Crippen LogP contribution in [0.4, 0.5) is 0 Å². The normalized spacial score (nSPS) is 26.2. The fourth-order valence-electron chi connectivity index (χ4n) is 5.08. The number of imide groups is 1. The molecule has 0 radical (unpaired) electrons. The Hall–Kier alpha value is -2.67. The first-order chi connectivity index (χ1) is 15.7. The lowest BCUT2D eigenvalue weighted by molar-refractivity contribution is -0.140. The van der Waals surface area contributed by atoms with Gasteiger partial charge in [-0.3, -0.25) is 19.5 Å². The van der Waals surface area contributed by atoms with E-state index in [2.05, 4.69) is 39.9 Å². The Morgan fingerprint density at radius 3 is 2.47 bits per heavy atom. The molecule has 2 aliphatic carbocycles. The maximum Gasteiger partial charge on any atom is 0.233 e. The second kappa shape index (κ2) is 10.8. The Morgan fingerprint density at radius 1 is 1.06 bits per heavy atom. The largest absolute Gasteiger partial charge is 0.377 e. The van der Waals surface area contributed by atoms with Crippen molar-refractivity contribution in [3.8, 4) is 0 Å². The van der Waals surface area contributed by atoms with Crippen LogP contribution in [-0.4, -0.2) is 55.5 Å². The highest BCUT2D eigenvalue weighted by molar-refractivity contribution is 6.06. The zero-order valence-electron chi connectivity index (χ0n) is 18.8. The Kier molecular flexibility index (Phi) is 7.58. The van der Waals surface area contributed by atoms with Gasteiger partial charge in [-0.2, -0.15) is 0 Å². The minimum Gasteiger partial charge on any atom is -0.377 e. The highest BCUT2D eigenvalue weighted by atomic mass is 16.5. The number of rotatable bonds is 11. The van der Waals surface area contributed by atoms with Gasteiger partial charge >= 0.3 is 0 Å². The first-order valence-corrected chi connectivity index (χ1v) is 11.9. The van der Waals surface area contributed by atoms with E-state index in [1.54, 1.807) is 0 Å². The number of benzene rings is 1. The van der Waals surface area contributed by atoms with E-state index >= 15 is 0 Å². The van der Waals surface area contributed by atoms with Crippen LogP contribution in [0.5, 0.6) is 0 Å². The number of hydrogen-bond donors (Lipinski definition) is 2. The minimum absolute atomic E-state index is 0.0103. The quantitative estimate of drug-likeness (QED) is 0.182. The zero-order valence-corrected chi connectivity index (χ0v) is 18.8. The summed E-state index contributed by atoms with van der Waals surface area (Å²) in [5.74, 6) is 1.02. The zero-order chi connectivity index (χ0) is 22.3. The predicted molar refractivity (Wildman–Crippen MR) is 124 cm³/mol. The molecule has 2 bridgehead atoms. The summed E-state index contributed by atoms with van der Waals surface area (Å²) in [6.45, 7) is 5.73. The highest BCUT2D eigenvalue weighted by Gasteiger charge is 2.58. The van der Waals surface area contributed by atoms with Gasteiger partial charge in [0.05, 0.1) is 18.4 Å². The lowest BCUT2D eigenvalue weighted by Crippen LogP contribution is -2.43. The molecule has 3 aliphatic rings. The highest BCUT2D eigenvalue weighted by Crippen LogP contribution is 2.52. The molecule has 1 aliphatic heterocycles. The van der Waals surface area contributed by atoms with Gasteiger partial charge in [0.1, 0.15) is 0 Å². The molecule has 0 aromatic heterocycles. The summed E-state index contributed by atoms with van der Waals surface area (Å²) in [6, 6.07) is 10.2. The van der Waals surface area contributed by atoms with Crippen LogP contribution in [0.1, 0.15) is 31.7 Å². The van der Waals surface area contributed by atoms with Crippen molar-refractivity contribution in [2.45, 2.75) is 32.8 Å². The van der Waals surface area contributed by atoms with E-state index in [-0.39, 0.29) is 35.5 Å². The molecule has 7 heteroatoms. The Morgan fingerprint density at radius 2 is 1.78 bits per heavy atom. The molecule has 7 nitrogen and oxygen atoms in total. The van der Waals surface area contributed by atoms with Crippen LogP contribution in [0, 0.1) is 23.7 Å². The van der Waals surface area contributed by atoms with Gasteiger partial charge < -0.3 is 15.4 Å². The average Bonchev–Trinajstić information content (AvgIpc) is 3.49. The van der Waals surface area contributed by atoms with Crippen LogP contribution in [0.3, 0.4) is 0 Å². The summed E-state index contributed by atoms with van der Waals surface area (Å²) in [5, 5.41) is 6.49. The van der Waals surface area contributed by atoms with Crippen molar-refractivity contribution in [3.63, 3.8) is 0 Å². The topological polar surface area (TPSA) is 83.0 Å². The molecule has 1 heterocycles. The van der Waals surface area contributed by atoms with Gasteiger partial charge in [-0.05, 0) is 43.6 Å². The fraction of sp³-hybridized carbons (Fsp3) is 0.560. The number of nitrogens with one attached hydrogen (secondary N) is 2. The van der Waals surface area contributed by atoms with Crippen molar-refractivity contribution in [1.29, 1.82) is 0 Å². The summed E-state index contributed by atoms with van der Waals surface area (Å²) in [5.41, 5.74) is 1.19. The molecule has 2 amide bonds. The van der Waals surface area contributed by atoms with Crippen molar-refractivity contribution < 1.29 is 14.3 Å². The average molecular weight is 439 g/mol. The first-order valence-electron chi connectivity index (χ1n) is 11.9. The molecular formula is C25H34N4O3. The molecule has 172 valence electrons. The number of likely N-dealkylation sites (tertiary alicyclic amines) is 1. The smallest absolute Gasteiger partial charge is 0.233 e. The third-order valence-corrected chi connectivity index (χ3v) is 6.61. The van der Waals surface area contributed by atoms with Gasteiger partial charge in [0.2, 0.25) is 11.8 Å². The number of guanidine groups is 1. The molecule has 4 unspecified atom stereocenters. The molecule has 1 saturated carbocycles. The van der Waals surface area contributed by atoms with E-state index in [1.165, 1.54) is 10.5 Å². The van der Waals surface area contributed by atoms with Crippen LogP contribution in [0.2, 0.25) is 0 Å². The van der Waals surface area contributed by atoms with Crippen LogP contribution in [-0.2, 0) is 20.9 Å². The van der Waals surface area contributed by atoms with E-state index in [0.29, 0.717) is 32.8 Å². The van der Waals surface area contributed by atoms with E-state index < -0.39 is 0 Å². The summed E-state index contributed by atoms with van der Waals surface area (Å²) in [6.07, 6.45) is 7.11. The van der Waals surface area contributed by atoms with Gasteiger partial charge in [-0.15, -0.1) is 0 Å². The number of carbonyl (C=O) groups is 2. The second-order valence-corrected chi connectivity index (χ2v) is 8.76. The van der Waals surface area contributed by atoms with Crippen molar-refractivity contribution in [3.05, 3.63) is 48.0 Å². The lowest BCUT2D eigenvalue weighted by Gasteiger charge is -2.18. The standard InChI is InChI=1S/C25H34N4O3/c1-2-26-25(27-12-6-7-15-32-17-18-8-4-3-5-9-18)28-13-14-29-23(30)21-19-10-11-20(16-19)22(21)24(29)31/h3-5,8-11,19-22H,2,6-7,12-17H2,1H3,(H2,26,27,28). The Balaban J connectivity index is 1.14. The summed E-state index contributed by atoms with van der Waals surface area (Å²) >= 11 is 0. The van der Waals surface area contributed by atoms with Gasteiger partial charge in [0, 0.05) is 32.8 Å². The maximum absolute atomic E-state index is 12.8. The molecule has 32 heavy (non-hydrogen) atoms. The number of allylic oxidation sites excluding steroid dienone is 2. The molecule has 2 N–H and O–H groups in total. The second-order valence-electron chi connectivity index (χ2n) is 8.76. The van der Waals surface area contributed by atoms with E-state index in [4.69, 9.17) is 4.74 Å². The Bertz CT molecular complexity index is 824. The van der Waals surface area contributed by atoms with Gasteiger partial charge in [-0.1, -0.05) is 42.5 Å². The SMILES string of the molecule is CCNC(=NCCCCOCc1ccccc1)NCCN1C(=O)C2C3C=CC(C3)C2C1=O. The molecular weight excluding hydrogens is 404 g/mol. The lowest BCUT2D eigenvalue weighted by atomic mass is 9.85. The van der Waals surface area contributed by atoms with Crippen molar-refractivity contribution in [2.24, 2.45) is 28.7 Å². The van der Waals surface area contributed by atoms with Crippen LogP contribution >= 0.6 is 0 Å². The molecule has 1 aromatic carbocycles. The monoisotopic (exact) mass is 438 g/mol. The van der Waals surface area contributed by atoms with Crippen molar-refractivity contribution in [2.75, 3.05) is 32.8 Å². The third kappa shape index (κ3) is 5.04. The number of unbranched alkanes of at least 4 members (excludes halogenated alkanes) is 1. The fourth-order valence-corrected chi connectivity index (χ4v) is 5.08. The molecule has 2 fully saturated rings. The number of carbonyl (C=O) groups excluding carboxylic acids is 2. The number of fused-ring (bicyclic) bond motifs is 5. The van der Waals surface area contributed by atoms with Crippen LogP contribution in [0.25, 0.3) is 0 Å². The molecule has 1 saturated heterocycles. The van der Waals surface area contributed by atoms with Gasteiger partial charge in [-0.25, -0.2) is 0 Å². The number of aliphatic imine (C=N–C) groups is 1. The van der Waals surface area contributed by atoms with E-state index in [0.717, 1.165) is 31.8 Å². The minimum atomic E-state index is -0.122. The summed E-state index contributed by atoms with van der Waals surface area (Å²) in [7, 11) is 0. The van der Waals surface area contributed by atoms with Crippen molar-refractivity contribution in [1.82, 2.24) is 15.5 Å². The molecule has 1 aromatic rings. The third-order valence-electron chi connectivity index (χ3n) is 6.61. The maximum atomic E-state index is 12.8.